The number of benzene rings is 2. The largest absolute Gasteiger partial charge is 0.466 e. The topological polar surface area (TPSA) is 81.5 Å². The first-order valence-electron chi connectivity index (χ1n) is 11.5. The molecule has 0 N–H and O–H groups in total. The monoisotopic (exact) mass is 483 g/mol. The Kier molecular flexibility index (Phi) is 8.45. The summed E-state index contributed by atoms with van der Waals surface area (Å²) in [5.74, 6) is -0.165. The molecule has 1 aromatic heterocycles. The molecule has 0 aliphatic carbocycles. The average molecular weight is 484 g/mol. The molecule has 1 amide bonds. The van der Waals surface area contributed by atoms with E-state index in [-0.39, 0.29) is 30.9 Å². The third-order valence-electron chi connectivity index (χ3n) is 5.76. The van der Waals surface area contributed by atoms with Gasteiger partial charge in [0.15, 0.2) is 0 Å². The van der Waals surface area contributed by atoms with Gasteiger partial charge < -0.3 is 9.64 Å². The van der Waals surface area contributed by atoms with Crippen LogP contribution in [0.1, 0.15) is 57.5 Å². The molecule has 0 bridgehead atoms. The van der Waals surface area contributed by atoms with Gasteiger partial charge >= 0.3 is 5.97 Å². The van der Waals surface area contributed by atoms with Gasteiger partial charge in [-0.25, -0.2) is 4.98 Å². The maximum atomic E-state index is 13.7. The van der Waals surface area contributed by atoms with Crippen molar-refractivity contribution in [3.05, 3.63) is 69.2 Å². The van der Waals surface area contributed by atoms with Crippen molar-refractivity contribution in [1.29, 1.82) is 0 Å². The van der Waals surface area contributed by atoms with Crippen LogP contribution in [0.2, 0.25) is 5.02 Å². The average Bonchev–Trinajstić information content (AvgIpc) is 2.83. The predicted octanol–water partition coefficient (Wildman–Crippen LogP) is 4.99. The van der Waals surface area contributed by atoms with Crippen molar-refractivity contribution in [2.24, 2.45) is 0 Å². The molecule has 7 nitrogen and oxygen atoms in total. The lowest BCUT2D eigenvalue weighted by molar-refractivity contribution is -0.146. The van der Waals surface area contributed by atoms with Gasteiger partial charge in [-0.15, -0.1) is 0 Å². The number of halogens is 1. The van der Waals surface area contributed by atoms with E-state index in [0.29, 0.717) is 40.4 Å². The van der Waals surface area contributed by atoms with E-state index in [9.17, 15) is 14.4 Å². The van der Waals surface area contributed by atoms with Crippen LogP contribution >= 0.6 is 11.6 Å². The summed E-state index contributed by atoms with van der Waals surface area (Å²) in [6.07, 6.45) is 0.742. The van der Waals surface area contributed by atoms with Crippen LogP contribution in [0.15, 0.2) is 47.3 Å². The lowest BCUT2D eigenvalue weighted by atomic mass is 10.1. The fourth-order valence-corrected chi connectivity index (χ4v) is 4.17. The molecule has 0 aliphatic rings. The Bertz CT molecular complexity index is 1250. The van der Waals surface area contributed by atoms with Crippen molar-refractivity contribution >= 4 is 34.4 Å². The smallest absolute Gasteiger partial charge is 0.306 e. The first kappa shape index (κ1) is 25.4. The number of hydrogen-bond acceptors (Lipinski definition) is 5. The second kappa shape index (κ2) is 11.3. The molecule has 34 heavy (non-hydrogen) atoms. The number of amides is 1. The number of nitrogens with zero attached hydrogens (tertiary/aromatic N) is 3. The van der Waals surface area contributed by atoms with E-state index >= 15 is 0 Å². The summed E-state index contributed by atoms with van der Waals surface area (Å²) in [4.78, 5) is 45.1. The van der Waals surface area contributed by atoms with Crippen molar-refractivity contribution < 1.29 is 14.3 Å². The highest BCUT2D eigenvalue weighted by atomic mass is 35.5. The summed E-state index contributed by atoms with van der Waals surface area (Å²) in [7, 11) is 0. The highest BCUT2D eigenvalue weighted by Crippen LogP contribution is 2.27. The number of esters is 1. The first-order chi connectivity index (χ1) is 16.3. The Balaban J connectivity index is 2.14. The van der Waals surface area contributed by atoms with E-state index in [4.69, 9.17) is 21.3 Å². The van der Waals surface area contributed by atoms with Gasteiger partial charge in [0, 0.05) is 18.0 Å². The minimum Gasteiger partial charge on any atom is -0.466 e. The van der Waals surface area contributed by atoms with Gasteiger partial charge in [0.25, 0.3) is 5.56 Å². The maximum Gasteiger partial charge on any atom is 0.306 e. The van der Waals surface area contributed by atoms with Gasteiger partial charge in [-0.1, -0.05) is 36.7 Å². The summed E-state index contributed by atoms with van der Waals surface area (Å²) in [5.41, 5.74) is 1.69. The van der Waals surface area contributed by atoms with Crippen LogP contribution in [0.25, 0.3) is 16.6 Å². The first-order valence-corrected chi connectivity index (χ1v) is 11.9. The minimum absolute atomic E-state index is 0.00492. The number of para-hydroxylation sites is 1. The molecule has 2 aromatic carbocycles. The highest BCUT2D eigenvalue weighted by molar-refractivity contribution is 6.31. The molecule has 3 rings (SSSR count). The molecule has 0 saturated heterocycles. The van der Waals surface area contributed by atoms with E-state index in [2.05, 4.69) is 0 Å². The number of rotatable bonds is 9. The summed E-state index contributed by atoms with van der Waals surface area (Å²) >= 11 is 6.38. The van der Waals surface area contributed by atoms with Gasteiger partial charge in [-0.05, 0) is 57.0 Å². The lowest BCUT2D eigenvalue weighted by Gasteiger charge is -2.30. The zero-order valence-corrected chi connectivity index (χ0v) is 20.8. The standard InChI is InChI=1S/C26H30ClN3O4/c1-5-16-29(23(31)14-15-24(32)34-6-2)18(4)25-28-21-12-8-7-10-19(21)26(33)30(25)22-13-9-11-20(27)17(22)3/h7-13,18H,5-6,14-16H2,1-4H3. The number of ether oxygens (including phenoxy) is 1. The van der Waals surface area contributed by atoms with Crippen LogP contribution in [0.5, 0.6) is 0 Å². The molecule has 0 spiro atoms. The Labute approximate surface area is 204 Å². The second-order valence-electron chi connectivity index (χ2n) is 8.08. The van der Waals surface area contributed by atoms with Crippen molar-refractivity contribution in [3.63, 3.8) is 0 Å². The van der Waals surface area contributed by atoms with Gasteiger partial charge in [0.05, 0.1) is 35.7 Å². The number of fused-ring (bicyclic) bond motifs is 1. The molecule has 1 heterocycles. The van der Waals surface area contributed by atoms with E-state index < -0.39 is 12.0 Å². The maximum absolute atomic E-state index is 13.7. The van der Waals surface area contributed by atoms with E-state index in [1.54, 1.807) is 46.7 Å². The summed E-state index contributed by atoms with van der Waals surface area (Å²) in [6, 6.07) is 12.0. The molecule has 3 aromatic rings. The summed E-state index contributed by atoms with van der Waals surface area (Å²) in [5, 5.41) is 1.01. The molecular weight excluding hydrogens is 454 g/mol. The highest BCUT2D eigenvalue weighted by Gasteiger charge is 2.27. The van der Waals surface area contributed by atoms with E-state index in [0.717, 1.165) is 5.56 Å². The normalized spacial score (nSPS) is 11.9. The quantitative estimate of drug-likeness (QED) is 0.400. The zero-order chi connectivity index (χ0) is 24.8. The zero-order valence-electron chi connectivity index (χ0n) is 20.0. The van der Waals surface area contributed by atoms with Gasteiger partial charge in [0.1, 0.15) is 5.82 Å². The third-order valence-corrected chi connectivity index (χ3v) is 6.17. The van der Waals surface area contributed by atoms with Crippen LogP contribution in [-0.4, -0.2) is 39.5 Å². The molecule has 0 aliphatic heterocycles. The van der Waals surface area contributed by atoms with Gasteiger partial charge in [-0.3, -0.25) is 19.0 Å². The molecule has 180 valence electrons. The molecule has 1 atom stereocenters. The number of carbonyl (C=O) groups excluding carboxylic acids is 2. The predicted molar refractivity (Wildman–Crippen MR) is 133 cm³/mol. The van der Waals surface area contributed by atoms with Crippen LogP contribution in [-0.2, 0) is 14.3 Å². The van der Waals surface area contributed by atoms with E-state index in [1.165, 1.54) is 0 Å². The summed E-state index contributed by atoms with van der Waals surface area (Å²) in [6.45, 7) is 8.13. The van der Waals surface area contributed by atoms with Crippen LogP contribution in [0.3, 0.4) is 0 Å². The SMILES string of the molecule is CCCN(C(=O)CCC(=O)OCC)C(C)c1nc2ccccc2c(=O)n1-c1cccc(Cl)c1C. The lowest BCUT2D eigenvalue weighted by Crippen LogP contribution is -2.38. The number of aromatic nitrogens is 2. The molecular formula is C26H30ClN3O4. The van der Waals surface area contributed by atoms with Crippen molar-refractivity contribution in [2.75, 3.05) is 13.2 Å². The number of carbonyl (C=O) groups is 2. The fourth-order valence-electron chi connectivity index (χ4n) is 4.00. The Morgan fingerprint density at radius 2 is 1.85 bits per heavy atom. The molecule has 1 unspecified atom stereocenters. The Morgan fingerprint density at radius 3 is 2.56 bits per heavy atom. The van der Waals surface area contributed by atoms with Crippen LogP contribution in [0.4, 0.5) is 0 Å². The van der Waals surface area contributed by atoms with Crippen LogP contribution < -0.4 is 5.56 Å². The molecule has 0 radical (unpaired) electrons. The number of hydrogen-bond donors (Lipinski definition) is 0. The summed E-state index contributed by atoms with van der Waals surface area (Å²) < 4.78 is 6.51. The second-order valence-corrected chi connectivity index (χ2v) is 8.49. The molecule has 0 fully saturated rings. The fraction of sp³-hybridized carbons (Fsp3) is 0.385. The molecule has 8 heteroatoms. The van der Waals surface area contributed by atoms with E-state index in [1.807, 2.05) is 32.9 Å². The van der Waals surface area contributed by atoms with Gasteiger partial charge in [0.2, 0.25) is 5.91 Å². The van der Waals surface area contributed by atoms with Crippen molar-refractivity contribution in [2.45, 2.75) is 53.0 Å². The minimum atomic E-state index is -0.523. The molecule has 0 saturated carbocycles. The third kappa shape index (κ3) is 5.30. The van der Waals surface area contributed by atoms with Gasteiger partial charge in [-0.2, -0.15) is 0 Å². The Hall–Kier alpha value is -3.19. The van der Waals surface area contributed by atoms with Crippen molar-refractivity contribution in [1.82, 2.24) is 14.5 Å². The van der Waals surface area contributed by atoms with Crippen LogP contribution in [0, 0.1) is 6.92 Å². The van der Waals surface area contributed by atoms with Crippen molar-refractivity contribution in [3.8, 4) is 5.69 Å². The Morgan fingerprint density at radius 1 is 1.12 bits per heavy atom.